The summed E-state index contributed by atoms with van der Waals surface area (Å²) in [6.45, 7) is 7.04. The van der Waals surface area contributed by atoms with E-state index >= 15 is 0 Å². The molecule has 1 aromatic rings. The minimum Gasteiger partial charge on any atom is -0.444 e. The first-order valence-corrected chi connectivity index (χ1v) is 11.0. The van der Waals surface area contributed by atoms with E-state index in [0.29, 0.717) is 5.41 Å². The molecule has 1 atom stereocenters. The summed E-state index contributed by atoms with van der Waals surface area (Å²) < 4.78 is 5.21. The van der Waals surface area contributed by atoms with Crippen LogP contribution in [-0.4, -0.2) is 23.6 Å². The number of hydrogen-bond donors (Lipinski definition) is 2. The lowest BCUT2D eigenvalue weighted by molar-refractivity contribution is -0.117. The van der Waals surface area contributed by atoms with Gasteiger partial charge in [0.25, 0.3) is 0 Å². The number of benzene rings is 1. The molecule has 5 nitrogen and oxygen atoms in total. The van der Waals surface area contributed by atoms with Gasteiger partial charge >= 0.3 is 6.09 Å². The van der Waals surface area contributed by atoms with E-state index in [4.69, 9.17) is 4.74 Å². The van der Waals surface area contributed by atoms with Crippen molar-refractivity contribution in [3.05, 3.63) is 29.8 Å². The molecule has 0 saturated heterocycles. The summed E-state index contributed by atoms with van der Waals surface area (Å²) in [7, 11) is 0. The molecule has 4 aliphatic carbocycles. The maximum absolute atomic E-state index is 12.4. The number of amides is 2. The summed E-state index contributed by atoms with van der Waals surface area (Å²) >= 11 is 0. The standard InChI is InChI=1S/C24H34N2O3/c1-15(25-22(28)29-23(2,3)4)21(27)26-20-7-5-19(6-8-20)24-12-16-9-17(13-24)11-18(10-16)14-24/h5-8,15-18H,9-14H2,1-4H3,(H,25,28)(H,26,27). The summed E-state index contributed by atoms with van der Waals surface area (Å²) in [5.41, 5.74) is 1.98. The summed E-state index contributed by atoms with van der Waals surface area (Å²) in [5.74, 6) is 2.50. The summed E-state index contributed by atoms with van der Waals surface area (Å²) in [4.78, 5) is 24.3. The van der Waals surface area contributed by atoms with E-state index in [2.05, 4.69) is 22.8 Å². The van der Waals surface area contributed by atoms with Gasteiger partial charge in [-0.1, -0.05) is 12.1 Å². The largest absolute Gasteiger partial charge is 0.444 e. The van der Waals surface area contributed by atoms with Crippen LogP contribution in [0, 0.1) is 17.8 Å². The highest BCUT2D eigenvalue weighted by molar-refractivity contribution is 5.96. The Morgan fingerprint density at radius 1 is 1.00 bits per heavy atom. The van der Waals surface area contributed by atoms with Crippen LogP contribution in [-0.2, 0) is 14.9 Å². The van der Waals surface area contributed by atoms with Crippen LogP contribution >= 0.6 is 0 Å². The van der Waals surface area contributed by atoms with Crippen molar-refractivity contribution in [3.8, 4) is 0 Å². The molecule has 2 N–H and O–H groups in total. The molecule has 158 valence electrons. The predicted octanol–water partition coefficient (Wildman–Crippen LogP) is 5.01. The van der Waals surface area contributed by atoms with Crippen molar-refractivity contribution in [2.24, 2.45) is 17.8 Å². The average molecular weight is 399 g/mol. The zero-order valence-electron chi connectivity index (χ0n) is 18.1. The molecule has 0 aliphatic heterocycles. The number of alkyl carbamates (subject to hydrolysis) is 1. The highest BCUT2D eigenvalue weighted by atomic mass is 16.6. The van der Waals surface area contributed by atoms with E-state index in [1.54, 1.807) is 27.7 Å². The molecule has 0 heterocycles. The molecule has 0 aromatic heterocycles. The van der Waals surface area contributed by atoms with Gasteiger partial charge in [-0.25, -0.2) is 4.79 Å². The van der Waals surface area contributed by atoms with Crippen LogP contribution in [0.25, 0.3) is 0 Å². The minimum absolute atomic E-state index is 0.251. The summed E-state index contributed by atoms with van der Waals surface area (Å²) in [5, 5.41) is 5.49. The highest BCUT2D eigenvalue weighted by Crippen LogP contribution is 2.60. The van der Waals surface area contributed by atoms with Gasteiger partial charge in [0, 0.05) is 5.69 Å². The lowest BCUT2D eigenvalue weighted by atomic mass is 9.48. The van der Waals surface area contributed by atoms with E-state index in [1.165, 1.54) is 44.1 Å². The van der Waals surface area contributed by atoms with E-state index < -0.39 is 17.7 Å². The van der Waals surface area contributed by atoms with Crippen molar-refractivity contribution >= 4 is 17.7 Å². The molecule has 4 aliphatic rings. The van der Waals surface area contributed by atoms with E-state index in [0.717, 1.165) is 23.4 Å². The van der Waals surface area contributed by atoms with Crippen LogP contribution in [0.5, 0.6) is 0 Å². The van der Waals surface area contributed by atoms with Crippen LogP contribution < -0.4 is 10.6 Å². The number of anilines is 1. The smallest absolute Gasteiger partial charge is 0.408 e. The highest BCUT2D eigenvalue weighted by Gasteiger charge is 2.51. The predicted molar refractivity (Wildman–Crippen MR) is 114 cm³/mol. The van der Waals surface area contributed by atoms with Gasteiger partial charge in [-0.05, 0) is 107 Å². The first-order chi connectivity index (χ1) is 13.6. The molecular formula is C24H34N2O3. The van der Waals surface area contributed by atoms with Crippen LogP contribution in [0.2, 0.25) is 0 Å². The maximum atomic E-state index is 12.4. The Kier molecular flexibility index (Phi) is 5.12. The molecule has 29 heavy (non-hydrogen) atoms. The molecule has 4 bridgehead atoms. The van der Waals surface area contributed by atoms with Crippen molar-refractivity contribution < 1.29 is 14.3 Å². The first-order valence-electron chi connectivity index (χ1n) is 11.0. The van der Waals surface area contributed by atoms with E-state index in [1.807, 2.05) is 12.1 Å². The number of rotatable bonds is 4. The third-order valence-electron chi connectivity index (χ3n) is 6.93. The second-order valence-corrected chi connectivity index (χ2v) is 10.6. The second-order valence-electron chi connectivity index (χ2n) is 10.6. The lowest BCUT2D eigenvalue weighted by Crippen LogP contribution is -2.48. The Labute approximate surface area is 174 Å². The van der Waals surface area contributed by atoms with Crippen molar-refractivity contribution in [1.82, 2.24) is 5.32 Å². The van der Waals surface area contributed by atoms with Crippen molar-refractivity contribution in [2.45, 2.75) is 83.3 Å². The fourth-order valence-corrected chi connectivity index (χ4v) is 6.17. The van der Waals surface area contributed by atoms with Crippen LogP contribution in [0.3, 0.4) is 0 Å². The summed E-state index contributed by atoms with van der Waals surface area (Å²) in [6.07, 6.45) is 7.74. The second kappa shape index (κ2) is 7.33. The zero-order valence-corrected chi connectivity index (χ0v) is 18.1. The molecule has 5 heteroatoms. The Balaban J connectivity index is 1.36. The quantitative estimate of drug-likeness (QED) is 0.749. The number of carbonyl (C=O) groups excluding carboxylic acids is 2. The molecule has 5 rings (SSSR count). The van der Waals surface area contributed by atoms with Gasteiger partial charge in [-0.3, -0.25) is 4.79 Å². The average Bonchev–Trinajstić information content (AvgIpc) is 2.59. The van der Waals surface area contributed by atoms with Gasteiger partial charge in [0.1, 0.15) is 11.6 Å². The number of nitrogens with one attached hydrogen (secondary N) is 2. The number of ether oxygens (including phenoxy) is 1. The number of carbonyl (C=O) groups is 2. The summed E-state index contributed by atoms with van der Waals surface area (Å²) in [6, 6.07) is 7.74. The Bertz CT molecular complexity index is 743. The van der Waals surface area contributed by atoms with Gasteiger partial charge in [0.05, 0.1) is 0 Å². The van der Waals surface area contributed by atoms with Gasteiger partial charge in [0.15, 0.2) is 0 Å². The molecule has 0 spiro atoms. The fourth-order valence-electron chi connectivity index (χ4n) is 6.17. The first kappa shape index (κ1) is 20.2. The Hall–Kier alpha value is -2.04. The monoisotopic (exact) mass is 398 g/mol. The van der Waals surface area contributed by atoms with Gasteiger partial charge in [-0.2, -0.15) is 0 Å². The molecule has 2 amide bonds. The van der Waals surface area contributed by atoms with Crippen LogP contribution in [0.1, 0.15) is 71.8 Å². The van der Waals surface area contributed by atoms with Gasteiger partial charge in [-0.15, -0.1) is 0 Å². The van der Waals surface area contributed by atoms with Crippen molar-refractivity contribution in [1.29, 1.82) is 0 Å². The van der Waals surface area contributed by atoms with Crippen molar-refractivity contribution in [2.75, 3.05) is 5.32 Å². The molecule has 1 aromatic carbocycles. The molecule has 4 saturated carbocycles. The molecule has 1 unspecified atom stereocenters. The van der Waals surface area contributed by atoms with Gasteiger partial charge in [0.2, 0.25) is 5.91 Å². The van der Waals surface area contributed by atoms with E-state index in [9.17, 15) is 9.59 Å². The van der Waals surface area contributed by atoms with Gasteiger partial charge < -0.3 is 15.4 Å². The molecule has 0 radical (unpaired) electrons. The third kappa shape index (κ3) is 4.44. The Morgan fingerprint density at radius 2 is 1.52 bits per heavy atom. The lowest BCUT2D eigenvalue weighted by Gasteiger charge is -2.57. The van der Waals surface area contributed by atoms with Crippen LogP contribution in [0.4, 0.5) is 10.5 Å². The topological polar surface area (TPSA) is 67.4 Å². The minimum atomic E-state index is -0.673. The molecule has 4 fully saturated rings. The zero-order chi connectivity index (χ0) is 20.8. The van der Waals surface area contributed by atoms with Crippen LogP contribution in [0.15, 0.2) is 24.3 Å². The molecular weight excluding hydrogens is 364 g/mol. The maximum Gasteiger partial charge on any atom is 0.408 e. The van der Waals surface area contributed by atoms with Crippen molar-refractivity contribution in [3.63, 3.8) is 0 Å². The fraction of sp³-hybridized carbons (Fsp3) is 0.667. The number of hydrogen-bond acceptors (Lipinski definition) is 3. The normalized spacial score (nSPS) is 31.2. The Morgan fingerprint density at radius 3 is 2.00 bits per heavy atom. The third-order valence-corrected chi connectivity index (χ3v) is 6.93. The van der Waals surface area contributed by atoms with E-state index in [-0.39, 0.29) is 5.91 Å². The SMILES string of the molecule is CC(NC(=O)OC(C)(C)C)C(=O)Nc1ccc(C23CC4CC(CC(C4)C2)C3)cc1.